The number of piperazine rings is 1. The Morgan fingerprint density at radius 1 is 0.912 bits per heavy atom. The predicted molar refractivity (Wildman–Crippen MR) is 128 cm³/mol. The van der Waals surface area contributed by atoms with Crippen molar-refractivity contribution in [2.75, 3.05) is 38.0 Å². The van der Waals surface area contributed by atoms with Gasteiger partial charge in [-0.05, 0) is 62.1 Å². The van der Waals surface area contributed by atoms with Crippen molar-refractivity contribution in [1.29, 1.82) is 0 Å². The van der Waals surface area contributed by atoms with Crippen LogP contribution in [0.15, 0.2) is 54.6 Å². The molecule has 0 saturated carbocycles. The third kappa shape index (κ3) is 4.72. The summed E-state index contributed by atoms with van der Waals surface area (Å²) < 4.78 is 15.2. The third-order valence-corrected chi connectivity index (χ3v) is 6.54. The molecule has 34 heavy (non-hydrogen) atoms. The van der Waals surface area contributed by atoms with Crippen LogP contribution < -0.4 is 5.32 Å². The first-order valence-electron chi connectivity index (χ1n) is 11.8. The van der Waals surface area contributed by atoms with E-state index in [4.69, 9.17) is 5.10 Å². The smallest absolute Gasteiger partial charge is 0.274 e. The Morgan fingerprint density at radius 2 is 1.62 bits per heavy atom. The van der Waals surface area contributed by atoms with Crippen LogP contribution in [0.5, 0.6) is 0 Å². The van der Waals surface area contributed by atoms with Gasteiger partial charge in [0.15, 0.2) is 5.69 Å². The minimum absolute atomic E-state index is 0.0573. The largest absolute Gasteiger partial charge is 0.335 e. The number of nitrogens with zero attached hydrogens (tertiary/aromatic N) is 4. The third-order valence-electron chi connectivity index (χ3n) is 6.54. The molecule has 2 aromatic carbocycles. The summed E-state index contributed by atoms with van der Waals surface area (Å²) >= 11 is 0. The molecule has 5 rings (SSSR count). The molecule has 3 aromatic rings. The first-order valence-corrected chi connectivity index (χ1v) is 11.8. The van der Waals surface area contributed by atoms with Crippen molar-refractivity contribution in [3.05, 3.63) is 77.4 Å². The molecule has 1 aromatic heterocycles. The van der Waals surface area contributed by atoms with Crippen LogP contribution in [-0.4, -0.2) is 64.1 Å². The predicted octanol–water partition coefficient (Wildman–Crippen LogP) is 3.29. The summed E-state index contributed by atoms with van der Waals surface area (Å²) in [5.74, 6) is -0.415. The summed E-state index contributed by atoms with van der Waals surface area (Å²) in [6, 6.07) is 15.6. The SMILES string of the molecule is O=C(CN1CCN(C(=O)c2nn(-c3ccc(F)cc3)c3c2CCCC3)CC1)Nc1ccccc1. The van der Waals surface area contributed by atoms with Crippen LogP contribution in [0.2, 0.25) is 0 Å². The van der Waals surface area contributed by atoms with Gasteiger partial charge in [-0.2, -0.15) is 5.10 Å². The van der Waals surface area contributed by atoms with E-state index < -0.39 is 0 Å². The zero-order valence-electron chi connectivity index (χ0n) is 19.0. The van der Waals surface area contributed by atoms with E-state index in [1.54, 1.807) is 12.1 Å². The number of aromatic nitrogens is 2. The summed E-state index contributed by atoms with van der Waals surface area (Å²) in [6.07, 6.45) is 3.78. The summed E-state index contributed by atoms with van der Waals surface area (Å²) in [6.45, 7) is 2.67. The Kier molecular flexibility index (Phi) is 6.40. The number of hydrogen-bond donors (Lipinski definition) is 1. The van der Waals surface area contributed by atoms with Gasteiger partial charge in [-0.25, -0.2) is 9.07 Å². The van der Waals surface area contributed by atoms with E-state index in [2.05, 4.69) is 10.2 Å². The molecule has 8 heteroatoms. The normalized spacial score (nSPS) is 16.2. The fourth-order valence-electron chi connectivity index (χ4n) is 4.75. The lowest BCUT2D eigenvalue weighted by molar-refractivity contribution is -0.117. The van der Waals surface area contributed by atoms with Gasteiger partial charge in [0.25, 0.3) is 5.91 Å². The van der Waals surface area contributed by atoms with E-state index >= 15 is 0 Å². The van der Waals surface area contributed by atoms with Crippen LogP contribution in [0.25, 0.3) is 5.69 Å². The number of fused-ring (bicyclic) bond motifs is 1. The van der Waals surface area contributed by atoms with E-state index in [0.717, 1.165) is 48.3 Å². The standard InChI is InChI=1S/C26H28FN5O2/c27-19-10-12-21(13-11-19)32-23-9-5-4-8-22(23)25(29-32)26(34)31-16-14-30(15-17-31)18-24(33)28-20-6-2-1-3-7-20/h1-3,6-7,10-13H,4-5,8-9,14-18H2,(H,28,33). The van der Waals surface area contributed by atoms with Crippen LogP contribution in [0.1, 0.15) is 34.6 Å². The average Bonchev–Trinajstić information content (AvgIpc) is 3.25. The molecule has 0 spiro atoms. The molecule has 1 saturated heterocycles. The maximum atomic E-state index is 13.4. The number of benzene rings is 2. The highest BCUT2D eigenvalue weighted by molar-refractivity contribution is 5.94. The monoisotopic (exact) mass is 461 g/mol. The lowest BCUT2D eigenvalue weighted by Gasteiger charge is -2.34. The number of anilines is 1. The minimum atomic E-state index is -0.295. The van der Waals surface area contributed by atoms with Crippen molar-refractivity contribution in [1.82, 2.24) is 19.6 Å². The summed E-state index contributed by atoms with van der Waals surface area (Å²) in [4.78, 5) is 29.7. The second-order valence-corrected chi connectivity index (χ2v) is 8.85. The zero-order valence-corrected chi connectivity index (χ0v) is 19.0. The summed E-state index contributed by atoms with van der Waals surface area (Å²) in [7, 11) is 0. The highest BCUT2D eigenvalue weighted by Crippen LogP contribution is 2.28. The van der Waals surface area contributed by atoms with Gasteiger partial charge in [-0.15, -0.1) is 0 Å². The Morgan fingerprint density at radius 3 is 2.35 bits per heavy atom. The zero-order chi connectivity index (χ0) is 23.5. The fraction of sp³-hybridized carbons (Fsp3) is 0.346. The molecule has 7 nitrogen and oxygen atoms in total. The highest BCUT2D eigenvalue weighted by atomic mass is 19.1. The van der Waals surface area contributed by atoms with Crippen molar-refractivity contribution in [2.24, 2.45) is 0 Å². The van der Waals surface area contributed by atoms with Crippen molar-refractivity contribution >= 4 is 17.5 Å². The number of halogens is 1. The van der Waals surface area contributed by atoms with Gasteiger partial charge < -0.3 is 10.2 Å². The molecule has 0 atom stereocenters. The lowest BCUT2D eigenvalue weighted by Crippen LogP contribution is -2.50. The number of para-hydroxylation sites is 1. The van der Waals surface area contributed by atoms with Gasteiger partial charge >= 0.3 is 0 Å². The lowest BCUT2D eigenvalue weighted by atomic mass is 9.95. The molecular weight excluding hydrogens is 433 g/mol. The van der Waals surface area contributed by atoms with E-state index in [1.807, 2.05) is 39.9 Å². The van der Waals surface area contributed by atoms with Crippen LogP contribution in [0.3, 0.4) is 0 Å². The molecule has 1 aliphatic carbocycles. The van der Waals surface area contributed by atoms with Gasteiger partial charge in [-0.1, -0.05) is 18.2 Å². The quantitative estimate of drug-likeness (QED) is 0.633. The van der Waals surface area contributed by atoms with Crippen molar-refractivity contribution in [3.8, 4) is 5.69 Å². The minimum Gasteiger partial charge on any atom is -0.335 e. The Labute approximate surface area is 198 Å². The van der Waals surface area contributed by atoms with Gasteiger partial charge in [0, 0.05) is 43.1 Å². The van der Waals surface area contributed by atoms with Crippen molar-refractivity contribution in [3.63, 3.8) is 0 Å². The van der Waals surface area contributed by atoms with Crippen LogP contribution in [0.4, 0.5) is 10.1 Å². The summed E-state index contributed by atoms with van der Waals surface area (Å²) in [5, 5.41) is 7.61. The Bertz CT molecular complexity index is 1170. The fourth-order valence-corrected chi connectivity index (χ4v) is 4.75. The highest BCUT2D eigenvalue weighted by Gasteiger charge is 2.30. The first-order chi connectivity index (χ1) is 16.6. The molecule has 2 aliphatic rings. The van der Waals surface area contributed by atoms with Crippen LogP contribution >= 0.6 is 0 Å². The molecular formula is C26H28FN5O2. The van der Waals surface area contributed by atoms with Crippen molar-refractivity contribution < 1.29 is 14.0 Å². The van der Waals surface area contributed by atoms with E-state index in [-0.39, 0.29) is 17.6 Å². The van der Waals surface area contributed by atoms with E-state index in [9.17, 15) is 14.0 Å². The second kappa shape index (κ2) is 9.77. The molecule has 1 aliphatic heterocycles. The molecule has 176 valence electrons. The molecule has 2 amide bonds. The molecule has 0 unspecified atom stereocenters. The number of nitrogens with one attached hydrogen (secondary N) is 1. The first kappa shape index (κ1) is 22.3. The van der Waals surface area contributed by atoms with Gasteiger partial charge in [0.05, 0.1) is 12.2 Å². The Balaban J connectivity index is 1.25. The van der Waals surface area contributed by atoms with Crippen LogP contribution in [0, 0.1) is 5.82 Å². The molecule has 0 radical (unpaired) electrons. The maximum absolute atomic E-state index is 13.4. The van der Waals surface area contributed by atoms with Crippen LogP contribution in [-0.2, 0) is 17.6 Å². The molecule has 0 bridgehead atoms. The van der Waals surface area contributed by atoms with Gasteiger partial charge in [0.2, 0.25) is 5.91 Å². The van der Waals surface area contributed by atoms with Gasteiger partial charge in [-0.3, -0.25) is 14.5 Å². The summed E-state index contributed by atoms with van der Waals surface area (Å²) in [5.41, 5.74) is 4.13. The number of rotatable bonds is 5. The number of hydrogen-bond acceptors (Lipinski definition) is 4. The number of carbonyl (C=O) groups is 2. The maximum Gasteiger partial charge on any atom is 0.274 e. The van der Waals surface area contributed by atoms with Gasteiger partial charge in [0.1, 0.15) is 5.82 Å². The second-order valence-electron chi connectivity index (χ2n) is 8.85. The molecule has 1 fully saturated rings. The van der Waals surface area contributed by atoms with E-state index in [1.165, 1.54) is 12.1 Å². The topological polar surface area (TPSA) is 70.5 Å². The molecule has 2 heterocycles. The van der Waals surface area contributed by atoms with E-state index in [0.29, 0.717) is 38.4 Å². The number of amides is 2. The number of carbonyl (C=O) groups excluding carboxylic acids is 2. The average molecular weight is 462 g/mol. The van der Waals surface area contributed by atoms with Crippen molar-refractivity contribution in [2.45, 2.75) is 25.7 Å². The molecule has 1 N–H and O–H groups in total. The Hall–Kier alpha value is -3.52.